The normalized spacial score (nSPS) is 10.3. The van der Waals surface area contributed by atoms with Crippen molar-refractivity contribution in [2.24, 2.45) is 0 Å². The molecule has 0 atom stereocenters. The summed E-state index contributed by atoms with van der Waals surface area (Å²) in [5, 5.41) is 0. The Balaban J connectivity index is 2.22. The highest BCUT2D eigenvalue weighted by atomic mass is 79.9. The van der Waals surface area contributed by atoms with Gasteiger partial charge in [0, 0.05) is 13.1 Å². The molecule has 0 aliphatic rings. The molecule has 1 heterocycles. The molecule has 5 heteroatoms. The van der Waals surface area contributed by atoms with Crippen LogP contribution in [0, 0.1) is 0 Å². The number of aromatic nitrogens is 2. The van der Waals surface area contributed by atoms with Gasteiger partial charge in [-0.2, -0.15) is 4.98 Å². The number of nitrogens with zero attached hydrogens (tertiary/aromatic N) is 3. The third-order valence-corrected chi connectivity index (χ3v) is 3.32. The maximum absolute atomic E-state index is 5.21. The Morgan fingerprint density at radius 1 is 1.26 bits per heavy atom. The first-order chi connectivity index (χ1) is 9.24. The van der Waals surface area contributed by atoms with Gasteiger partial charge in [-0.05, 0) is 28.4 Å². The molecule has 1 aromatic heterocycles. The largest absolute Gasteiger partial charge is 0.480 e. The third kappa shape index (κ3) is 3.44. The molecule has 0 fully saturated rings. The highest BCUT2D eigenvalue weighted by Gasteiger charge is 2.11. The lowest BCUT2D eigenvalue weighted by atomic mass is 10.2. The van der Waals surface area contributed by atoms with Crippen molar-refractivity contribution in [2.45, 2.75) is 13.5 Å². The monoisotopic (exact) mass is 321 g/mol. The van der Waals surface area contributed by atoms with Gasteiger partial charge in [-0.1, -0.05) is 30.3 Å². The van der Waals surface area contributed by atoms with Gasteiger partial charge in [0.15, 0.2) is 0 Å². The molecule has 2 aromatic rings. The molecule has 4 nitrogen and oxygen atoms in total. The molecular weight excluding hydrogens is 306 g/mol. The van der Waals surface area contributed by atoms with Crippen LogP contribution in [0.5, 0.6) is 5.88 Å². The van der Waals surface area contributed by atoms with Crippen molar-refractivity contribution in [3.63, 3.8) is 0 Å². The second kappa shape index (κ2) is 6.52. The van der Waals surface area contributed by atoms with Gasteiger partial charge in [0.25, 0.3) is 0 Å². The molecular formula is C14H16BrN3O. The van der Waals surface area contributed by atoms with E-state index in [0.717, 1.165) is 17.6 Å². The van der Waals surface area contributed by atoms with E-state index < -0.39 is 0 Å². The Labute approximate surface area is 121 Å². The Bertz CT molecular complexity index is 533. The average molecular weight is 322 g/mol. The Hall–Kier alpha value is -1.62. The molecule has 2 rings (SSSR count). The fourth-order valence-corrected chi connectivity index (χ4v) is 2.12. The molecule has 100 valence electrons. The zero-order valence-corrected chi connectivity index (χ0v) is 12.6. The lowest BCUT2D eigenvalue weighted by molar-refractivity contribution is 0.393. The van der Waals surface area contributed by atoms with Crippen LogP contribution in [0.2, 0.25) is 0 Å². The fourth-order valence-electron chi connectivity index (χ4n) is 1.77. The van der Waals surface area contributed by atoms with Crippen molar-refractivity contribution in [3.05, 3.63) is 46.6 Å². The predicted molar refractivity (Wildman–Crippen MR) is 79.5 cm³/mol. The van der Waals surface area contributed by atoms with Crippen molar-refractivity contribution < 1.29 is 4.74 Å². The maximum atomic E-state index is 5.21. The molecule has 19 heavy (non-hydrogen) atoms. The molecule has 0 unspecified atom stereocenters. The lowest BCUT2D eigenvalue weighted by Gasteiger charge is -2.21. The topological polar surface area (TPSA) is 38.2 Å². The number of rotatable bonds is 5. The minimum absolute atomic E-state index is 0.552. The van der Waals surface area contributed by atoms with Gasteiger partial charge in [-0.3, -0.25) is 0 Å². The van der Waals surface area contributed by atoms with E-state index in [0.29, 0.717) is 11.8 Å². The maximum Gasteiger partial charge on any atom is 0.232 e. The van der Waals surface area contributed by atoms with Gasteiger partial charge in [0.05, 0.1) is 17.8 Å². The summed E-state index contributed by atoms with van der Waals surface area (Å²) in [6.45, 7) is 3.70. The van der Waals surface area contributed by atoms with Crippen LogP contribution in [0.4, 0.5) is 5.95 Å². The molecule has 0 saturated heterocycles. The molecule has 0 N–H and O–H groups in total. The van der Waals surface area contributed by atoms with Crippen LogP contribution in [-0.4, -0.2) is 23.6 Å². The van der Waals surface area contributed by atoms with E-state index in [9.17, 15) is 0 Å². The predicted octanol–water partition coefficient (Wildman–Crippen LogP) is 3.27. The Morgan fingerprint density at radius 3 is 2.63 bits per heavy atom. The van der Waals surface area contributed by atoms with Gasteiger partial charge in [-0.25, -0.2) is 4.98 Å². The van der Waals surface area contributed by atoms with Crippen LogP contribution < -0.4 is 9.64 Å². The zero-order valence-electron chi connectivity index (χ0n) is 11.0. The molecule has 0 amide bonds. The molecule has 0 bridgehead atoms. The van der Waals surface area contributed by atoms with E-state index in [1.165, 1.54) is 5.56 Å². The Kier molecular flexibility index (Phi) is 4.74. The summed E-state index contributed by atoms with van der Waals surface area (Å²) >= 11 is 3.36. The first-order valence-electron chi connectivity index (χ1n) is 6.10. The summed E-state index contributed by atoms with van der Waals surface area (Å²) in [4.78, 5) is 10.8. The highest BCUT2D eigenvalue weighted by molar-refractivity contribution is 9.10. The number of hydrogen-bond acceptors (Lipinski definition) is 4. The van der Waals surface area contributed by atoms with Crippen LogP contribution in [0.25, 0.3) is 0 Å². The molecule has 0 spiro atoms. The summed E-state index contributed by atoms with van der Waals surface area (Å²) in [5.74, 6) is 1.22. The van der Waals surface area contributed by atoms with Crippen molar-refractivity contribution >= 4 is 21.9 Å². The molecule has 0 aliphatic heterocycles. The van der Waals surface area contributed by atoms with E-state index >= 15 is 0 Å². The standard InChI is InChI=1S/C14H16BrN3O/c1-3-18(10-11-7-5-4-6-8-11)14-16-9-12(15)13(17-14)19-2/h4-9H,3,10H2,1-2H3. The van der Waals surface area contributed by atoms with Crippen LogP contribution in [0.3, 0.4) is 0 Å². The van der Waals surface area contributed by atoms with Crippen LogP contribution in [0.1, 0.15) is 12.5 Å². The summed E-state index contributed by atoms with van der Waals surface area (Å²) in [7, 11) is 1.60. The van der Waals surface area contributed by atoms with Gasteiger partial charge >= 0.3 is 0 Å². The number of hydrogen-bond donors (Lipinski definition) is 0. The summed E-state index contributed by atoms with van der Waals surface area (Å²) in [6.07, 6.45) is 1.72. The summed E-state index contributed by atoms with van der Waals surface area (Å²) in [6, 6.07) is 10.3. The van der Waals surface area contributed by atoms with Gasteiger partial charge < -0.3 is 9.64 Å². The van der Waals surface area contributed by atoms with Crippen molar-refractivity contribution in [1.29, 1.82) is 0 Å². The van der Waals surface area contributed by atoms with Crippen molar-refractivity contribution in [1.82, 2.24) is 9.97 Å². The van der Waals surface area contributed by atoms with Gasteiger partial charge in [0.1, 0.15) is 0 Å². The molecule has 0 radical (unpaired) electrons. The van der Waals surface area contributed by atoms with Crippen LogP contribution in [0.15, 0.2) is 41.0 Å². The SMILES string of the molecule is CCN(Cc1ccccc1)c1ncc(Br)c(OC)n1. The van der Waals surface area contributed by atoms with E-state index in [-0.39, 0.29) is 0 Å². The number of benzene rings is 1. The van der Waals surface area contributed by atoms with Crippen LogP contribution >= 0.6 is 15.9 Å². The second-order valence-electron chi connectivity index (χ2n) is 4.03. The minimum atomic E-state index is 0.552. The van der Waals surface area contributed by atoms with E-state index in [1.807, 2.05) is 18.2 Å². The first kappa shape index (κ1) is 13.8. The summed E-state index contributed by atoms with van der Waals surface area (Å²) < 4.78 is 5.96. The van der Waals surface area contributed by atoms with E-state index in [4.69, 9.17) is 4.74 Å². The minimum Gasteiger partial charge on any atom is -0.480 e. The Morgan fingerprint density at radius 2 is 2.00 bits per heavy atom. The average Bonchev–Trinajstić information content (AvgIpc) is 2.46. The summed E-state index contributed by atoms with van der Waals surface area (Å²) in [5.41, 5.74) is 1.23. The third-order valence-electron chi connectivity index (χ3n) is 2.77. The molecule has 0 aliphatic carbocycles. The fraction of sp³-hybridized carbons (Fsp3) is 0.286. The van der Waals surface area contributed by atoms with Crippen LogP contribution in [-0.2, 0) is 6.54 Å². The van der Waals surface area contributed by atoms with Gasteiger partial charge in [0.2, 0.25) is 11.8 Å². The number of methoxy groups -OCH3 is 1. The smallest absolute Gasteiger partial charge is 0.232 e. The number of halogens is 1. The number of anilines is 1. The molecule has 1 aromatic carbocycles. The second-order valence-corrected chi connectivity index (χ2v) is 4.88. The highest BCUT2D eigenvalue weighted by Crippen LogP contribution is 2.24. The quantitative estimate of drug-likeness (QED) is 0.847. The van der Waals surface area contributed by atoms with E-state index in [2.05, 4.69) is 49.9 Å². The van der Waals surface area contributed by atoms with Crippen molar-refractivity contribution in [2.75, 3.05) is 18.6 Å². The van der Waals surface area contributed by atoms with E-state index in [1.54, 1.807) is 13.3 Å². The molecule has 0 saturated carbocycles. The van der Waals surface area contributed by atoms with Gasteiger partial charge in [-0.15, -0.1) is 0 Å². The lowest BCUT2D eigenvalue weighted by Crippen LogP contribution is -2.24. The first-order valence-corrected chi connectivity index (χ1v) is 6.89. The zero-order chi connectivity index (χ0) is 13.7. The number of ether oxygens (including phenoxy) is 1. The van der Waals surface area contributed by atoms with Crippen molar-refractivity contribution in [3.8, 4) is 5.88 Å².